The van der Waals surface area contributed by atoms with Crippen molar-refractivity contribution in [1.29, 1.82) is 0 Å². The highest BCUT2D eigenvalue weighted by atomic mass is 28.4. The zero-order valence-electron chi connectivity index (χ0n) is 26.4. The summed E-state index contributed by atoms with van der Waals surface area (Å²) in [6.07, 6.45) is -2.18. The van der Waals surface area contributed by atoms with Crippen molar-refractivity contribution in [3.8, 4) is 0 Å². The molecule has 42 heavy (non-hydrogen) atoms. The van der Waals surface area contributed by atoms with Crippen LogP contribution in [0.1, 0.15) is 125 Å². The zero-order chi connectivity index (χ0) is 31.0. The van der Waals surface area contributed by atoms with E-state index in [1.165, 1.54) is 6.07 Å². The first-order valence-corrected chi connectivity index (χ1v) is 18.0. The molecule has 2 atom stereocenters. The molecule has 0 amide bonds. The van der Waals surface area contributed by atoms with Gasteiger partial charge in [-0.3, -0.25) is 4.98 Å². The van der Waals surface area contributed by atoms with Crippen molar-refractivity contribution < 1.29 is 31.8 Å². The molecule has 2 unspecified atom stereocenters. The molecule has 0 radical (unpaired) electrons. The van der Waals surface area contributed by atoms with Gasteiger partial charge < -0.3 is 19.1 Å². The smallest absolute Gasteiger partial charge is 0.417 e. The summed E-state index contributed by atoms with van der Waals surface area (Å²) in [6.45, 7) is 20.4. The summed E-state index contributed by atoms with van der Waals surface area (Å²) in [7, 11) is -2.27. The van der Waals surface area contributed by atoms with Crippen LogP contribution in [0.2, 0.25) is 18.1 Å². The lowest BCUT2D eigenvalue weighted by molar-refractivity contribution is -0.626. The Morgan fingerprint density at radius 1 is 1.10 bits per heavy atom. The Bertz CT molecular complexity index is 1340. The Kier molecular flexibility index (Phi) is 7.69. The number of aromatic nitrogens is 2. The maximum absolute atomic E-state index is 14.5. The van der Waals surface area contributed by atoms with Crippen LogP contribution in [0, 0.1) is 10.6 Å². The molecular formula is C32H45F3N2O4Si. The zero-order valence-corrected chi connectivity index (χ0v) is 27.4. The third kappa shape index (κ3) is 5.30. The van der Waals surface area contributed by atoms with Gasteiger partial charge in [0.25, 0.3) is 0 Å². The van der Waals surface area contributed by atoms with E-state index in [9.17, 15) is 18.4 Å². The molecule has 1 spiro atoms. The van der Waals surface area contributed by atoms with E-state index in [0.29, 0.717) is 43.9 Å². The second-order valence-corrected chi connectivity index (χ2v) is 19.7. The van der Waals surface area contributed by atoms with Crippen molar-refractivity contribution in [2.75, 3.05) is 13.2 Å². The van der Waals surface area contributed by atoms with Crippen LogP contribution in [-0.2, 0) is 32.1 Å². The number of hydrogen-bond donors (Lipinski definition) is 0. The van der Waals surface area contributed by atoms with Gasteiger partial charge >= 0.3 is 6.18 Å². The quantitative estimate of drug-likeness (QED) is 0.200. The predicted octanol–water partition coefficient (Wildman–Crippen LogP) is 8.02. The second-order valence-electron chi connectivity index (χ2n) is 15.0. The fourth-order valence-corrected chi connectivity index (χ4v) is 7.97. The average Bonchev–Trinajstić information content (AvgIpc) is 3.16. The fourth-order valence-electron chi connectivity index (χ4n) is 6.71. The van der Waals surface area contributed by atoms with E-state index in [1.807, 2.05) is 13.8 Å². The first-order valence-electron chi connectivity index (χ1n) is 15.1. The summed E-state index contributed by atoms with van der Waals surface area (Å²) < 4.78 is 61.3. The molecule has 2 aromatic heterocycles. The average molecular weight is 607 g/mol. The summed E-state index contributed by atoms with van der Waals surface area (Å²) in [5, 5.41) is 14.4. The standard InChI is InChI=1S/C32H45F3N2O4Si/c1-19(2)27-25-26(24-22(37(27)38)16-30(6,7)17-23(24)41-42(8,9)29(3,4)5)31(12-14-39-15-13-31)40-28(25)21-11-10-20(18-36-21)32(33,34)35/h10-11,18-19,23,28H,12-17H2,1-9H3. The maximum atomic E-state index is 14.5. The summed E-state index contributed by atoms with van der Waals surface area (Å²) >= 11 is 0. The molecule has 4 heterocycles. The molecule has 6 nitrogen and oxygen atoms in total. The monoisotopic (exact) mass is 606 g/mol. The van der Waals surface area contributed by atoms with E-state index < -0.39 is 31.8 Å². The highest BCUT2D eigenvalue weighted by Gasteiger charge is 2.56. The number of alkyl halides is 3. The predicted molar refractivity (Wildman–Crippen MR) is 157 cm³/mol. The largest absolute Gasteiger partial charge is 0.618 e. The van der Waals surface area contributed by atoms with Gasteiger partial charge in [0.05, 0.1) is 28.5 Å². The Morgan fingerprint density at radius 2 is 1.74 bits per heavy atom. The summed E-state index contributed by atoms with van der Waals surface area (Å²) in [5.41, 5.74) is 2.63. The molecule has 2 aliphatic heterocycles. The van der Waals surface area contributed by atoms with Gasteiger partial charge in [-0.05, 0) is 42.1 Å². The normalized spacial score (nSPS) is 23.7. The van der Waals surface area contributed by atoms with Crippen LogP contribution in [0.5, 0.6) is 0 Å². The van der Waals surface area contributed by atoms with Crippen molar-refractivity contribution in [3.05, 3.63) is 62.9 Å². The lowest BCUT2D eigenvalue weighted by Gasteiger charge is -2.45. The van der Waals surface area contributed by atoms with Crippen LogP contribution >= 0.6 is 0 Å². The molecule has 1 fully saturated rings. The molecule has 5 rings (SSSR count). The highest BCUT2D eigenvalue weighted by Crippen LogP contribution is 2.58. The molecule has 10 heteroatoms. The molecule has 0 N–H and O–H groups in total. The third-order valence-electron chi connectivity index (χ3n) is 9.83. The van der Waals surface area contributed by atoms with Crippen LogP contribution in [-0.4, -0.2) is 26.5 Å². The van der Waals surface area contributed by atoms with Gasteiger partial charge in [0, 0.05) is 50.2 Å². The number of pyridine rings is 2. The summed E-state index contributed by atoms with van der Waals surface area (Å²) in [6, 6.07) is 2.44. The fraction of sp³-hybridized carbons (Fsp3) is 0.688. The topological polar surface area (TPSA) is 67.5 Å². The molecule has 1 aliphatic carbocycles. The van der Waals surface area contributed by atoms with E-state index in [-0.39, 0.29) is 22.5 Å². The van der Waals surface area contributed by atoms with Crippen molar-refractivity contribution in [1.82, 2.24) is 4.98 Å². The first kappa shape index (κ1) is 31.4. The molecule has 2 aromatic rings. The van der Waals surface area contributed by atoms with E-state index in [4.69, 9.17) is 13.9 Å². The van der Waals surface area contributed by atoms with Gasteiger partial charge in [0.2, 0.25) is 5.69 Å². The molecule has 1 saturated heterocycles. The first-order chi connectivity index (χ1) is 19.3. The number of fused-ring (bicyclic) bond motifs is 4. The second kappa shape index (κ2) is 10.3. The van der Waals surface area contributed by atoms with E-state index in [2.05, 4.69) is 52.7 Å². The molecule has 0 bridgehead atoms. The van der Waals surface area contributed by atoms with Crippen molar-refractivity contribution in [2.24, 2.45) is 5.41 Å². The lowest BCUT2D eigenvalue weighted by atomic mass is 9.69. The van der Waals surface area contributed by atoms with Crippen LogP contribution in [0.15, 0.2) is 18.3 Å². The Morgan fingerprint density at radius 3 is 2.26 bits per heavy atom. The van der Waals surface area contributed by atoms with Crippen LogP contribution in [0.4, 0.5) is 13.2 Å². The Hall–Kier alpha value is -2.01. The number of rotatable bonds is 4. The number of hydrogen-bond acceptors (Lipinski definition) is 5. The van der Waals surface area contributed by atoms with E-state index in [0.717, 1.165) is 45.8 Å². The van der Waals surface area contributed by atoms with Crippen molar-refractivity contribution >= 4 is 8.32 Å². The van der Waals surface area contributed by atoms with Gasteiger partial charge in [-0.2, -0.15) is 17.9 Å². The number of nitrogens with zero attached hydrogens (tertiary/aromatic N) is 2. The minimum Gasteiger partial charge on any atom is -0.618 e. The lowest BCUT2D eigenvalue weighted by Crippen LogP contribution is -2.49. The third-order valence-corrected chi connectivity index (χ3v) is 14.3. The van der Waals surface area contributed by atoms with Crippen molar-refractivity contribution in [2.45, 2.75) is 122 Å². The Balaban J connectivity index is 1.80. The van der Waals surface area contributed by atoms with E-state index in [1.54, 1.807) is 0 Å². The minimum absolute atomic E-state index is 0.0389. The van der Waals surface area contributed by atoms with Crippen LogP contribution in [0.3, 0.4) is 0 Å². The van der Waals surface area contributed by atoms with Gasteiger partial charge in [0.1, 0.15) is 11.7 Å². The SMILES string of the molecule is CC(C)c1c2c(c3c([n+]1[O-])CC(C)(C)CC3O[Si](C)(C)C(C)(C)C)C1(CCOCC1)OC2c1ccc(C(F)(F)F)cn1. The number of halogens is 3. The minimum atomic E-state index is -4.50. The molecule has 0 aromatic carbocycles. The van der Waals surface area contributed by atoms with Gasteiger partial charge in [-0.1, -0.05) is 48.5 Å². The Labute approximate surface area is 248 Å². The van der Waals surface area contributed by atoms with Gasteiger partial charge in [-0.15, -0.1) is 0 Å². The summed E-state index contributed by atoms with van der Waals surface area (Å²) in [4.78, 5) is 4.27. The molecule has 232 valence electrons. The van der Waals surface area contributed by atoms with E-state index >= 15 is 0 Å². The summed E-state index contributed by atoms with van der Waals surface area (Å²) in [5.74, 6) is -0.151. The van der Waals surface area contributed by atoms with Crippen molar-refractivity contribution in [3.63, 3.8) is 0 Å². The number of ether oxygens (including phenoxy) is 2. The molecule has 0 saturated carbocycles. The van der Waals surface area contributed by atoms with Crippen LogP contribution < -0.4 is 4.73 Å². The van der Waals surface area contributed by atoms with Crippen LogP contribution in [0.25, 0.3) is 0 Å². The maximum Gasteiger partial charge on any atom is 0.417 e. The van der Waals surface area contributed by atoms with Gasteiger partial charge in [0.15, 0.2) is 14.0 Å². The van der Waals surface area contributed by atoms with Gasteiger partial charge in [-0.25, -0.2) is 0 Å². The molecule has 3 aliphatic rings. The molecular weight excluding hydrogens is 561 g/mol. The highest BCUT2D eigenvalue weighted by molar-refractivity contribution is 6.74.